The fraction of sp³-hybridized carbons (Fsp3) is 0.400. The number of phenolic OH excluding ortho intramolecular Hbond substituents is 1. The van der Waals surface area contributed by atoms with Gasteiger partial charge in [0.25, 0.3) is 11.8 Å². The van der Waals surface area contributed by atoms with E-state index in [-0.39, 0.29) is 51.8 Å². The smallest absolute Gasteiger partial charge is 0.251 e. The van der Waals surface area contributed by atoms with Gasteiger partial charge in [0, 0.05) is 48.9 Å². The summed E-state index contributed by atoms with van der Waals surface area (Å²) in [5.41, 5.74) is 8.03. The largest absolute Gasteiger partial charge is 0.508 e. The van der Waals surface area contributed by atoms with Gasteiger partial charge in [0.15, 0.2) is 0 Å². The summed E-state index contributed by atoms with van der Waals surface area (Å²) in [5, 5.41) is 28.6. The minimum absolute atomic E-state index is 0.0129. The molecule has 302 valence electrons. The number of aromatic hydroxyl groups is 1. The number of benzene rings is 4. The van der Waals surface area contributed by atoms with Crippen LogP contribution in [-0.4, -0.2) is 60.1 Å². The summed E-state index contributed by atoms with van der Waals surface area (Å²) in [4.78, 5) is 27.5. The zero-order chi connectivity index (χ0) is 41.6. The van der Waals surface area contributed by atoms with Crippen molar-refractivity contribution in [3.63, 3.8) is 0 Å². The molecule has 2 aliphatic rings. The summed E-state index contributed by atoms with van der Waals surface area (Å²) in [6.07, 6.45) is 2.50. The predicted molar refractivity (Wildman–Crippen MR) is 222 cm³/mol. The van der Waals surface area contributed by atoms with Gasteiger partial charge in [-0.3, -0.25) is 14.5 Å². The molecule has 4 atom stereocenters. The first kappa shape index (κ1) is 43.6. The van der Waals surface area contributed by atoms with Gasteiger partial charge in [0.05, 0.1) is 21.7 Å². The molecule has 2 fully saturated rings. The standard InChI is InChI=1S/C23H25ClFN3O.C22H26ClFN2O2/c1-14-15(2)20(6-4-18(14)13-26)16(3)28-10-8-19(9-11-28)27-23(29)17-5-7-22(25)21(24)12-17;1-12-13(2)21(27)7-5-16(12)14(3)17-11-25-9-8-20(17)26-22(28)15-4-6-19(24)18(23)10-15/h4-7,12,16,19H,8-11H2,1-3H3,(H,27,29);4-7,10,14,17,20,25,27H,8-9,11H2,1-3H3,(H,26,28). The minimum Gasteiger partial charge on any atom is -0.508 e. The maximum absolute atomic E-state index is 13.4. The molecular formula is C45H51Cl2F2N5O3. The van der Waals surface area contributed by atoms with E-state index in [4.69, 9.17) is 23.2 Å². The van der Waals surface area contributed by atoms with E-state index >= 15 is 0 Å². The number of phenols is 1. The molecule has 0 aromatic heterocycles. The van der Waals surface area contributed by atoms with Gasteiger partial charge in [-0.15, -0.1) is 0 Å². The number of nitriles is 1. The summed E-state index contributed by atoms with van der Waals surface area (Å²) in [6, 6.07) is 18.2. The van der Waals surface area contributed by atoms with Crippen molar-refractivity contribution in [3.05, 3.63) is 132 Å². The van der Waals surface area contributed by atoms with E-state index in [1.165, 1.54) is 53.1 Å². The highest BCUT2D eigenvalue weighted by Crippen LogP contribution is 2.35. The van der Waals surface area contributed by atoms with Crippen LogP contribution in [0.15, 0.2) is 60.7 Å². The molecule has 2 saturated heterocycles. The van der Waals surface area contributed by atoms with Crippen LogP contribution in [0, 0.1) is 56.6 Å². The summed E-state index contributed by atoms with van der Waals surface area (Å²) in [7, 11) is 0. The predicted octanol–water partition coefficient (Wildman–Crippen LogP) is 9.24. The third-order valence-corrected chi connectivity index (χ3v) is 12.5. The fourth-order valence-corrected chi connectivity index (χ4v) is 8.34. The zero-order valence-electron chi connectivity index (χ0n) is 33.3. The Morgan fingerprint density at radius 1 is 0.807 bits per heavy atom. The van der Waals surface area contributed by atoms with E-state index in [2.05, 4.69) is 53.8 Å². The molecule has 0 saturated carbocycles. The Morgan fingerprint density at radius 2 is 1.37 bits per heavy atom. The van der Waals surface area contributed by atoms with Gasteiger partial charge in [0.2, 0.25) is 0 Å². The van der Waals surface area contributed by atoms with Gasteiger partial charge in [-0.05, 0) is 154 Å². The van der Waals surface area contributed by atoms with Crippen LogP contribution < -0.4 is 16.0 Å². The molecule has 0 spiro atoms. The Morgan fingerprint density at radius 3 is 1.95 bits per heavy atom. The van der Waals surface area contributed by atoms with E-state index in [1.54, 1.807) is 6.07 Å². The molecule has 2 heterocycles. The van der Waals surface area contributed by atoms with Crippen LogP contribution in [0.2, 0.25) is 10.0 Å². The number of hydrogen-bond acceptors (Lipinski definition) is 6. The van der Waals surface area contributed by atoms with E-state index in [1.807, 2.05) is 32.9 Å². The minimum atomic E-state index is -0.537. The average Bonchev–Trinajstić information content (AvgIpc) is 3.20. The molecule has 0 radical (unpaired) electrons. The summed E-state index contributed by atoms with van der Waals surface area (Å²) < 4.78 is 26.7. The van der Waals surface area contributed by atoms with Crippen LogP contribution in [0.1, 0.15) is 105 Å². The van der Waals surface area contributed by atoms with Crippen LogP contribution in [0.5, 0.6) is 5.75 Å². The van der Waals surface area contributed by atoms with Crippen molar-refractivity contribution in [3.8, 4) is 11.8 Å². The van der Waals surface area contributed by atoms with Gasteiger partial charge in [-0.25, -0.2) is 8.78 Å². The molecule has 8 nitrogen and oxygen atoms in total. The van der Waals surface area contributed by atoms with E-state index in [0.29, 0.717) is 16.9 Å². The molecule has 6 rings (SSSR count). The number of nitrogens with zero attached hydrogens (tertiary/aromatic N) is 2. The van der Waals surface area contributed by atoms with Crippen molar-refractivity contribution in [2.24, 2.45) is 5.92 Å². The van der Waals surface area contributed by atoms with Crippen LogP contribution in [0.4, 0.5) is 8.78 Å². The number of amides is 2. The molecule has 0 aliphatic carbocycles. The third-order valence-electron chi connectivity index (χ3n) is 12.0. The van der Waals surface area contributed by atoms with Gasteiger partial charge in [-0.2, -0.15) is 5.26 Å². The van der Waals surface area contributed by atoms with Crippen LogP contribution in [0.25, 0.3) is 0 Å². The second-order valence-corrected chi connectivity index (χ2v) is 16.0. The van der Waals surface area contributed by atoms with Crippen LogP contribution >= 0.6 is 23.2 Å². The molecular weight excluding hydrogens is 767 g/mol. The number of carbonyl (C=O) groups is 2. The summed E-state index contributed by atoms with van der Waals surface area (Å²) >= 11 is 11.6. The monoisotopic (exact) mass is 817 g/mol. The van der Waals surface area contributed by atoms with E-state index < -0.39 is 11.6 Å². The number of likely N-dealkylation sites (tertiary alicyclic amines) is 1. The first-order valence-corrected chi connectivity index (χ1v) is 20.1. The molecule has 4 N–H and O–H groups in total. The second kappa shape index (κ2) is 19.3. The lowest BCUT2D eigenvalue weighted by molar-refractivity contribution is 0.0890. The average molecular weight is 819 g/mol. The lowest BCUT2D eigenvalue weighted by atomic mass is 9.77. The normalized spacial score (nSPS) is 18.4. The highest BCUT2D eigenvalue weighted by molar-refractivity contribution is 6.31. The molecule has 57 heavy (non-hydrogen) atoms. The van der Waals surface area contributed by atoms with Gasteiger partial charge in [0.1, 0.15) is 17.4 Å². The Kier molecular flexibility index (Phi) is 14.7. The van der Waals surface area contributed by atoms with Crippen LogP contribution in [-0.2, 0) is 0 Å². The SMILES string of the molecule is Cc1c(C#N)ccc(C(C)N2CCC(NC(=O)c3ccc(F)c(Cl)c3)CC2)c1C.Cc1c(O)ccc(C(C)C2CNCCC2NC(=O)c2ccc(F)c(Cl)c2)c1C. The van der Waals surface area contributed by atoms with Crippen molar-refractivity contribution in [1.82, 2.24) is 20.9 Å². The lowest BCUT2D eigenvalue weighted by Crippen LogP contribution is -2.51. The quantitative estimate of drug-likeness (QED) is 0.141. The first-order valence-electron chi connectivity index (χ1n) is 19.4. The summed E-state index contributed by atoms with van der Waals surface area (Å²) in [5.74, 6) is -0.857. The number of halogens is 4. The number of rotatable bonds is 8. The van der Waals surface area contributed by atoms with Crippen molar-refractivity contribution in [2.75, 3.05) is 26.2 Å². The molecule has 12 heteroatoms. The Bertz CT molecular complexity index is 2150. The molecule has 4 aromatic rings. The Hall–Kier alpha value is -4.53. The Balaban J connectivity index is 0.000000218. The number of carbonyl (C=O) groups excluding carboxylic acids is 2. The highest BCUT2D eigenvalue weighted by Gasteiger charge is 2.33. The molecule has 4 aromatic carbocycles. The molecule has 2 amide bonds. The van der Waals surface area contributed by atoms with E-state index in [9.17, 15) is 28.7 Å². The second-order valence-electron chi connectivity index (χ2n) is 15.2. The maximum atomic E-state index is 13.4. The highest BCUT2D eigenvalue weighted by atomic mass is 35.5. The van der Waals surface area contributed by atoms with Crippen LogP contribution in [0.3, 0.4) is 0 Å². The Labute approximate surface area is 344 Å². The maximum Gasteiger partial charge on any atom is 0.251 e. The van der Waals surface area contributed by atoms with Crippen molar-refractivity contribution < 1.29 is 23.5 Å². The molecule has 0 bridgehead atoms. The fourth-order valence-electron chi connectivity index (χ4n) is 7.98. The number of piperidine rings is 2. The summed E-state index contributed by atoms with van der Waals surface area (Å²) in [6.45, 7) is 15.7. The zero-order valence-corrected chi connectivity index (χ0v) is 34.8. The number of nitrogens with one attached hydrogen (secondary N) is 3. The van der Waals surface area contributed by atoms with Crippen molar-refractivity contribution >= 4 is 35.0 Å². The van der Waals surface area contributed by atoms with Crippen molar-refractivity contribution in [2.45, 2.75) is 84.8 Å². The topological polar surface area (TPSA) is 117 Å². The third kappa shape index (κ3) is 10.3. The lowest BCUT2D eigenvalue weighted by Gasteiger charge is -2.37. The number of hydrogen-bond donors (Lipinski definition) is 4. The van der Waals surface area contributed by atoms with Crippen molar-refractivity contribution in [1.29, 1.82) is 5.26 Å². The van der Waals surface area contributed by atoms with Gasteiger partial charge in [-0.1, -0.05) is 42.3 Å². The molecule has 2 aliphatic heterocycles. The van der Waals surface area contributed by atoms with Gasteiger partial charge >= 0.3 is 0 Å². The first-order chi connectivity index (χ1) is 27.1. The molecule has 4 unspecified atom stereocenters. The van der Waals surface area contributed by atoms with Gasteiger partial charge < -0.3 is 21.1 Å². The van der Waals surface area contributed by atoms with E-state index in [0.717, 1.165) is 67.7 Å².